The van der Waals surface area contributed by atoms with Crippen molar-refractivity contribution >= 4 is 0 Å². The Morgan fingerprint density at radius 2 is 2.05 bits per heavy atom. The summed E-state index contributed by atoms with van der Waals surface area (Å²) < 4.78 is 5.83. The van der Waals surface area contributed by atoms with Gasteiger partial charge in [-0.1, -0.05) is 37.8 Å². The fourth-order valence-electron chi connectivity index (χ4n) is 1.93. The van der Waals surface area contributed by atoms with E-state index >= 15 is 0 Å². The fourth-order valence-corrected chi connectivity index (χ4v) is 1.93. The first kappa shape index (κ1) is 15.8. The van der Waals surface area contributed by atoms with Gasteiger partial charge in [0.1, 0.15) is 0 Å². The van der Waals surface area contributed by atoms with Gasteiger partial charge >= 0.3 is 0 Å². The van der Waals surface area contributed by atoms with E-state index in [1.807, 2.05) is 18.2 Å². The van der Waals surface area contributed by atoms with E-state index in [9.17, 15) is 0 Å². The van der Waals surface area contributed by atoms with Crippen LogP contribution in [0, 0.1) is 17.8 Å². The molecule has 0 saturated heterocycles. The SMILES string of the molecule is CC(C)CC(C)OCc1cccc(C#CCCO)c1. The maximum absolute atomic E-state index is 8.69. The van der Waals surface area contributed by atoms with Gasteiger partial charge in [-0.05, 0) is 37.0 Å². The smallest absolute Gasteiger partial charge is 0.0720 e. The van der Waals surface area contributed by atoms with Gasteiger partial charge in [0.15, 0.2) is 0 Å². The summed E-state index contributed by atoms with van der Waals surface area (Å²) in [6.45, 7) is 7.27. The Balaban J connectivity index is 2.51. The van der Waals surface area contributed by atoms with E-state index in [0.717, 1.165) is 17.5 Å². The highest BCUT2D eigenvalue weighted by Gasteiger charge is 2.05. The summed E-state index contributed by atoms with van der Waals surface area (Å²) in [4.78, 5) is 0. The van der Waals surface area contributed by atoms with Gasteiger partial charge in [-0.2, -0.15) is 0 Å². The number of aliphatic hydroxyl groups excluding tert-OH is 1. The summed E-state index contributed by atoms with van der Waals surface area (Å²) in [5, 5.41) is 8.69. The molecule has 0 amide bonds. The van der Waals surface area contributed by atoms with Crippen LogP contribution >= 0.6 is 0 Å². The number of aliphatic hydroxyl groups is 1. The van der Waals surface area contributed by atoms with Crippen LogP contribution in [0.5, 0.6) is 0 Å². The van der Waals surface area contributed by atoms with Crippen LogP contribution in [-0.4, -0.2) is 17.8 Å². The highest BCUT2D eigenvalue weighted by Crippen LogP contribution is 2.11. The summed E-state index contributed by atoms with van der Waals surface area (Å²) in [6.07, 6.45) is 1.88. The van der Waals surface area contributed by atoms with E-state index < -0.39 is 0 Å². The molecule has 1 rings (SSSR count). The van der Waals surface area contributed by atoms with Crippen LogP contribution in [0.1, 0.15) is 44.7 Å². The molecule has 0 aliphatic rings. The van der Waals surface area contributed by atoms with Crippen molar-refractivity contribution in [3.8, 4) is 11.8 Å². The first-order valence-corrected chi connectivity index (χ1v) is 6.92. The average molecular weight is 260 g/mol. The maximum Gasteiger partial charge on any atom is 0.0720 e. The third-order valence-corrected chi connectivity index (χ3v) is 2.73. The molecule has 1 aromatic rings. The minimum Gasteiger partial charge on any atom is -0.395 e. The summed E-state index contributed by atoms with van der Waals surface area (Å²) in [6, 6.07) is 8.08. The molecule has 2 nitrogen and oxygen atoms in total. The Kier molecular flexibility index (Phi) is 7.25. The van der Waals surface area contributed by atoms with Crippen molar-refractivity contribution in [1.29, 1.82) is 0 Å². The lowest BCUT2D eigenvalue weighted by molar-refractivity contribution is 0.0397. The van der Waals surface area contributed by atoms with E-state index in [2.05, 4.69) is 38.7 Å². The largest absolute Gasteiger partial charge is 0.395 e. The number of benzene rings is 1. The molecule has 0 aliphatic carbocycles. The summed E-state index contributed by atoms with van der Waals surface area (Å²) in [7, 11) is 0. The molecule has 0 bridgehead atoms. The molecule has 1 unspecified atom stereocenters. The molecule has 1 atom stereocenters. The molecular formula is C17H24O2. The van der Waals surface area contributed by atoms with Crippen molar-refractivity contribution in [1.82, 2.24) is 0 Å². The zero-order valence-electron chi connectivity index (χ0n) is 12.1. The third-order valence-electron chi connectivity index (χ3n) is 2.73. The molecule has 0 aromatic heterocycles. The molecule has 19 heavy (non-hydrogen) atoms. The second-order valence-electron chi connectivity index (χ2n) is 5.23. The lowest BCUT2D eigenvalue weighted by Crippen LogP contribution is -2.11. The summed E-state index contributed by atoms with van der Waals surface area (Å²) >= 11 is 0. The second kappa shape index (κ2) is 8.74. The minimum atomic E-state index is 0.114. The lowest BCUT2D eigenvalue weighted by atomic mass is 10.1. The van der Waals surface area contributed by atoms with Crippen molar-refractivity contribution in [3.63, 3.8) is 0 Å². The van der Waals surface area contributed by atoms with Crippen LogP contribution < -0.4 is 0 Å². The lowest BCUT2D eigenvalue weighted by Gasteiger charge is -2.15. The molecule has 0 radical (unpaired) electrons. The molecule has 0 fully saturated rings. The molecular weight excluding hydrogens is 236 g/mol. The Morgan fingerprint density at radius 3 is 2.74 bits per heavy atom. The highest BCUT2D eigenvalue weighted by atomic mass is 16.5. The number of ether oxygens (including phenoxy) is 1. The zero-order valence-corrected chi connectivity index (χ0v) is 12.1. The molecule has 0 spiro atoms. The molecule has 1 aromatic carbocycles. The Morgan fingerprint density at radius 1 is 1.26 bits per heavy atom. The Bertz CT molecular complexity index is 426. The van der Waals surface area contributed by atoms with Crippen molar-refractivity contribution < 1.29 is 9.84 Å². The van der Waals surface area contributed by atoms with Crippen LogP contribution in [0.3, 0.4) is 0 Å². The van der Waals surface area contributed by atoms with E-state index in [-0.39, 0.29) is 12.7 Å². The first-order chi connectivity index (χ1) is 9.11. The Hall–Kier alpha value is -1.30. The van der Waals surface area contributed by atoms with Crippen molar-refractivity contribution in [2.24, 2.45) is 5.92 Å². The van der Waals surface area contributed by atoms with E-state index in [0.29, 0.717) is 18.9 Å². The normalized spacial score (nSPS) is 12.1. The van der Waals surface area contributed by atoms with Gasteiger partial charge in [0.2, 0.25) is 0 Å². The highest BCUT2D eigenvalue weighted by molar-refractivity contribution is 5.36. The quantitative estimate of drug-likeness (QED) is 0.795. The molecule has 104 valence electrons. The van der Waals surface area contributed by atoms with Crippen LogP contribution in [0.25, 0.3) is 0 Å². The Labute approximate surface area is 116 Å². The third kappa shape index (κ3) is 7.00. The standard InChI is InChI=1S/C17H24O2/c1-14(2)11-15(3)19-13-17-9-6-8-16(12-17)7-4-5-10-18/h6,8-9,12,14-15,18H,5,10-11,13H2,1-3H3. The number of hydrogen-bond donors (Lipinski definition) is 1. The fraction of sp³-hybridized carbons (Fsp3) is 0.529. The molecule has 0 saturated carbocycles. The number of hydrogen-bond acceptors (Lipinski definition) is 2. The molecule has 0 aliphatic heterocycles. The van der Waals surface area contributed by atoms with Crippen LogP contribution in [0.2, 0.25) is 0 Å². The van der Waals surface area contributed by atoms with Gasteiger partial charge in [-0.3, -0.25) is 0 Å². The van der Waals surface area contributed by atoms with Crippen LogP contribution in [0.15, 0.2) is 24.3 Å². The van der Waals surface area contributed by atoms with Gasteiger partial charge < -0.3 is 9.84 Å². The van der Waals surface area contributed by atoms with Crippen molar-refractivity contribution in [3.05, 3.63) is 35.4 Å². The predicted molar refractivity (Wildman–Crippen MR) is 78.7 cm³/mol. The average Bonchev–Trinajstić information content (AvgIpc) is 2.36. The van der Waals surface area contributed by atoms with E-state index in [1.54, 1.807) is 0 Å². The van der Waals surface area contributed by atoms with Gasteiger partial charge in [-0.15, -0.1) is 0 Å². The van der Waals surface area contributed by atoms with E-state index in [1.165, 1.54) is 0 Å². The van der Waals surface area contributed by atoms with Crippen molar-refractivity contribution in [2.45, 2.75) is 46.3 Å². The van der Waals surface area contributed by atoms with E-state index in [4.69, 9.17) is 9.84 Å². The minimum absolute atomic E-state index is 0.114. The topological polar surface area (TPSA) is 29.5 Å². The number of rotatable bonds is 6. The zero-order chi connectivity index (χ0) is 14.1. The van der Waals surface area contributed by atoms with Gasteiger partial charge in [0, 0.05) is 12.0 Å². The molecule has 0 heterocycles. The van der Waals surface area contributed by atoms with Crippen LogP contribution in [-0.2, 0) is 11.3 Å². The molecule has 2 heteroatoms. The summed E-state index contributed by atoms with van der Waals surface area (Å²) in [5.74, 6) is 6.63. The van der Waals surface area contributed by atoms with Crippen LogP contribution in [0.4, 0.5) is 0 Å². The van der Waals surface area contributed by atoms with Gasteiger partial charge in [0.25, 0.3) is 0 Å². The maximum atomic E-state index is 8.69. The second-order valence-corrected chi connectivity index (χ2v) is 5.23. The van der Waals surface area contributed by atoms with Crippen molar-refractivity contribution in [2.75, 3.05) is 6.61 Å². The predicted octanol–water partition coefficient (Wildman–Crippen LogP) is 3.37. The molecule has 1 N–H and O–H groups in total. The van der Waals surface area contributed by atoms with Gasteiger partial charge in [0.05, 0.1) is 19.3 Å². The summed E-state index contributed by atoms with van der Waals surface area (Å²) in [5.41, 5.74) is 2.12. The first-order valence-electron chi connectivity index (χ1n) is 6.92. The van der Waals surface area contributed by atoms with Gasteiger partial charge in [-0.25, -0.2) is 0 Å². The monoisotopic (exact) mass is 260 g/mol.